The van der Waals surface area contributed by atoms with Crippen LogP contribution in [0.15, 0.2) is 15.3 Å². The molecule has 1 aromatic rings. The van der Waals surface area contributed by atoms with Crippen molar-refractivity contribution >= 4 is 37.5 Å². The summed E-state index contributed by atoms with van der Waals surface area (Å²) >= 11 is 6.47. The average molecular weight is 296 g/mol. The Balaban J connectivity index is 3.05. The Morgan fingerprint density at radius 2 is 2.17 bits per heavy atom. The molecule has 0 bridgehead atoms. The first-order chi connectivity index (χ1) is 5.65. The molecule has 2 N–H and O–H groups in total. The number of rotatable bonds is 2. The molecule has 0 radical (unpaired) electrons. The van der Waals surface area contributed by atoms with Gasteiger partial charge in [-0.25, -0.2) is 4.98 Å². The lowest BCUT2D eigenvalue weighted by Crippen LogP contribution is -1.97. The molecule has 0 saturated heterocycles. The Labute approximate surface area is 87.6 Å². The van der Waals surface area contributed by atoms with Crippen molar-refractivity contribution in [3.05, 3.63) is 15.3 Å². The van der Waals surface area contributed by atoms with Gasteiger partial charge in [0.15, 0.2) is 5.75 Å². The zero-order valence-electron chi connectivity index (χ0n) is 6.47. The van der Waals surface area contributed by atoms with Gasteiger partial charge in [-0.1, -0.05) is 0 Å². The highest BCUT2D eigenvalue weighted by molar-refractivity contribution is 9.11. The topological polar surface area (TPSA) is 48.1 Å². The molecule has 5 heteroatoms. The molecule has 1 aromatic heterocycles. The standard InChI is InChI=1S/C7H8Br2N2O/c1-2-12-5-3-4(10)6(8)11-7(5)9/h3H,2,10H2,1H3. The fourth-order valence-electron chi connectivity index (χ4n) is 0.723. The summed E-state index contributed by atoms with van der Waals surface area (Å²) in [6.07, 6.45) is 0. The van der Waals surface area contributed by atoms with Gasteiger partial charge in [-0.3, -0.25) is 0 Å². The van der Waals surface area contributed by atoms with Crippen LogP contribution in [0.2, 0.25) is 0 Å². The minimum Gasteiger partial charge on any atom is -0.491 e. The lowest BCUT2D eigenvalue weighted by atomic mass is 10.4. The number of nitrogen functional groups attached to an aromatic ring is 1. The van der Waals surface area contributed by atoms with Crippen molar-refractivity contribution in [3.8, 4) is 5.75 Å². The van der Waals surface area contributed by atoms with Crippen LogP contribution in [0.4, 0.5) is 5.69 Å². The first-order valence-electron chi connectivity index (χ1n) is 3.39. The van der Waals surface area contributed by atoms with E-state index in [1.54, 1.807) is 6.07 Å². The van der Waals surface area contributed by atoms with Crippen LogP contribution >= 0.6 is 31.9 Å². The zero-order valence-corrected chi connectivity index (χ0v) is 9.65. The van der Waals surface area contributed by atoms with Gasteiger partial charge in [-0.15, -0.1) is 0 Å². The number of hydrogen-bond donors (Lipinski definition) is 1. The number of halogens is 2. The molecule has 3 nitrogen and oxygen atoms in total. The molecule has 0 aromatic carbocycles. The minimum atomic E-state index is 0.571. The van der Waals surface area contributed by atoms with E-state index in [2.05, 4.69) is 36.8 Å². The van der Waals surface area contributed by atoms with Crippen LogP contribution in [0, 0.1) is 0 Å². The van der Waals surface area contributed by atoms with Crippen molar-refractivity contribution in [1.29, 1.82) is 0 Å². The van der Waals surface area contributed by atoms with Crippen LogP contribution in [-0.4, -0.2) is 11.6 Å². The normalized spacial score (nSPS) is 9.92. The van der Waals surface area contributed by atoms with E-state index in [1.165, 1.54) is 0 Å². The summed E-state index contributed by atoms with van der Waals surface area (Å²) in [6.45, 7) is 2.51. The maximum Gasteiger partial charge on any atom is 0.154 e. The van der Waals surface area contributed by atoms with Crippen LogP contribution in [0.3, 0.4) is 0 Å². The first-order valence-corrected chi connectivity index (χ1v) is 4.98. The monoisotopic (exact) mass is 294 g/mol. The summed E-state index contributed by atoms with van der Waals surface area (Å²) in [4.78, 5) is 4.08. The van der Waals surface area contributed by atoms with Crippen molar-refractivity contribution in [2.45, 2.75) is 6.92 Å². The lowest BCUT2D eigenvalue weighted by molar-refractivity contribution is 0.336. The Bertz CT molecular complexity index is 291. The summed E-state index contributed by atoms with van der Waals surface area (Å²) in [7, 11) is 0. The van der Waals surface area contributed by atoms with E-state index in [0.717, 1.165) is 0 Å². The number of nitrogens with zero attached hydrogens (tertiary/aromatic N) is 1. The summed E-state index contributed by atoms with van der Waals surface area (Å²) in [5, 5.41) is 0. The van der Waals surface area contributed by atoms with Crippen molar-refractivity contribution < 1.29 is 4.74 Å². The van der Waals surface area contributed by atoms with Crippen molar-refractivity contribution in [2.24, 2.45) is 0 Å². The predicted octanol–water partition coefficient (Wildman–Crippen LogP) is 2.59. The second-order valence-corrected chi connectivity index (χ2v) is 3.59. The third-order valence-electron chi connectivity index (χ3n) is 1.22. The van der Waals surface area contributed by atoms with E-state index in [1.807, 2.05) is 6.92 Å². The molecule has 1 heterocycles. The van der Waals surface area contributed by atoms with Crippen LogP contribution in [-0.2, 0) is 0 Å². The van der Waals surface area contributed by atoms with E-state index in [0.29, 0.717) is 27.3 Å². The highest BCUT2D eigenvalue weighted by Crippen LogP contribution is 2.29. The number of hydrogen-bond acceptors (Lipinski definition) is 3. The molecule has 0 aliphatic rings. The summed E-state index contributed by atoms with van der Waals surface area (Å²) < 4.78 is 6.54. The van der Waals surface area contributed by atoms with Crippen LogP contribution in [0.1, 0.15) is 6.92 Å². The van der Waals surface area contributed by atoms with Gasteiger partial charge in [0.2, 0.25) is 0 Å². The molecule has 0 spiro atoms. The molecule has 0 aliphatic heterocycles. The lowest BCUT2D eigenvalue weighted by Gasteiger charge is -2.06. The second kappa shape index (κ2) is 4.09. The Morgan fingerprint density at radius 1 is 1.50 bits per heavy atom. The second-order valence-electron chi connectivity index (χ2n) is 2.09. The Kier molecular flexibility index (Phi) is 3.34. The molecule has 0 amide bonds. The largest absolute Gasteiger partial charge is 0.491 e. The fraction of sp³-hybridized carbons (Fsp3) is 0.286. The highest BCUT2D eigenvalue weighted by Gasteiger charge is 2.05. The third-order valence-corrected chi connectivity index (χ3v) is 2.43. The molecule has 0 saturated carbocycles. The fourth-order valence-corrected chi connectivity index (χ4v) is 1.66. The average Bonchev–Trinajstić information content (AvgIpc) is 2.01. The zero-order chi connectivity index (χ0) is 9.14. The molecule has 0 unspecified atom stereocenters. The van der Waals surface area contributed by atoms with E-state index in [9.17, 15) is 0 Å². The van der Waals surface area contributed by atoms with E-state index in [-0.39, 0.29) is 0 Å². The molecular weight excluding hydrogens is 288 g/mol. The van der Waals surface area contributed by atoms with Gasteiger partial charge >= 0.3 is 0 Å². The molecule has 66 valence electrons. The Morgan fingerprint density at radius 3 is 2.75 bits per heavy atom. The maximum atomic E-state index is 5.61. The van der Waals surface area contributed by atoms with Crippen LogP contribution in [0.5, 0.6) is 5.75 Å². The SMILES string of the molecule is CCOc1cc(N)c(Br)nc1Br. The van der Waals surface area contributed by atoms with Gasteiger partial charge in [0, 0.05) is 6.07 Å². The quantitative estimate of drug-likeness (QED) is 0.853. The third kappa shape index (κ3) is 2.10. The predicted molar refractivity (Wildman–Crippen MR) is 55.2 cm³/mol. The molecule has 1 rings (SSSR count). The van der Waals surface area contributed by atoms with Gasteiger partial charge in [-0.05, 0) is 38.8 Å². The van der Waals surface area contributed by atoms with Gasteiger partial charge in [-0.2, -0.15) is 0 Å². The van der Waals surface area contributed by atoms with Crippen LogP contribution < -0.4 is 10.5 Å². The molecule has 12 heavy (non-hydrogen) atoms. The number of aromatic nitrogens is 1. The molecule has 0 atom stereocenters. The smallest absolute Gasteiger partial charge is 0.154 e. The van der Waals surface area contributed by atoms with Gasteiger partial charge in [0.25, 0.3) is 0 Å². The van der Waals surface area contributed by atoms with Crippen molar-refractivity contribution in [3.63, 3.8) is 0 Å². The molecule has 0 fully saturated rings. The minimum absolute atomic E-state index is 0.571. The summed E-state index contributed by atoms with van der Waals surface area (Å²) in [5.41, 5.74) is 6.18. The van der Waals surface area contributed by atoms with Gasteiger partial charge < -0.3 is 10.5 Å². The number of nitrogens with two attached hydrogens (primary N) is 1. The van der Waals surface area contributed by atoms with Gasteiger partial charge in [0.05, 0.1) is 12.3 Å². The van der Waals surface area contributed by atoms with E-state index < -0.39 is 0 Å². The summed E-state index contributed by atoms with van der Waals surface area (Å²) in [6, 6.07) is 1.73. The first kappa shape index (κ1) is 9.80. The highest BCUT2D eigenvalue weighted by atomic mass is 79.9. The molecule has 0 aliphatic carbocycles. The Hall–Kier alpha value is -0.290. The number of pyridine rings is 1. The number of ether oxygens (including phenoxy) is 1. The number of anilines is 1. The molecular formula is C7H8Br2N2O. The van der Waals surface area contributed by atoms with Crippen LogP contribution in [0.25, 0.3) is 0 Å². The van der Waals surface area contributed by atoms with Gasteiger partial charge in [0.1, 0.15) is 9.21 Å². The maximum absolute atomic E-state index is 5.61. The van der Waals surface area contributed by atoms with E-state index >= 15 is 0 Å². The van der Waals surface area contributed by atoms with E-state index in [4.69, 9.17) is 10.5 Å². The van der Waals surface area contributed by atoms with Crippen molar-refractivity contribution in [2.75, 3.05) is 12.3 Å². The van der Waals surface area contributed by atoms with Crippen molar-refractivity contribution in [1.82, 2.24) is 4.98 Å². The summed E-state index contributed by atoms with van der Waals surface area (Å²) in [5.74, 6) is 0.665.